The number of hydrogen-bond donors (Lipinski definition) is 1. The van der Waals surface area contributed by atoms with Crippen molar-refractivity contribution in [2.75, 3.05) is 52.9 Å². The number of ketones is 1. The molecule has 2 aromatic carbocycles. The van der Waals surface area contributed by atoms with Gasteiger partial charge in [0, 0.05) is 3.57 Å². The topological polar surface area (TPSA) is 126 Å². The molecule has 0 radical (unpaired) electrons. The molecule has 0 saturated heterocycles. The minimum atomic E-state index is -0.450. The molecular formula is C25H25IN2O8. The van der Waals surface area contributed by atoms with Crippen LogP contribution >= 0.6 is 22.6 Å². The van der Waals surface area contributed by atoms with Crippen LogP contribution in [-0.4, -0.2) is 79.3 Å². The van der Waals surface area contributed by atoms with Crippen LogP contribution in [0.5, 0.6) is 0 Å². The average Bonchev–Trinajstić information content (AvgIpc) is 3.14. The van der Waals surface area contributed by atoms with Crippen molar-refractivity contribution in [3.8, 4) is 5.69 Å². The Kier molecular flexibility index (Phi) is 9.15. The third kappa shape index (κ3) is 6.16. The van der Waals surface area contributed by atoms with Gasteiger partial charge in [0.05, 0.1) is 74.8 Å². The summed E-state index contributed by atoms with van der Waals surface area (Å²) >= 11 is 2.13. The van der Waals surface area contributed by atoms with Gasteiger partial charge in [-0.1, -0.05) is 6.07 Å². The number of aromatic nitrogens is 2. The molecule has 0 spiro atoms. The minimum absolute atomic E-state index is 0.0173. The normalized spacial score (nSPS) is 12.1. The van der Waals surface area contributed by atoms with Gasteiger partial charge in [0.1, 0.15) is 6.61 Å². The van der Waals surface area contributed by atoms with Crippen molar-refractivity contribution in [1.29, 1.82) is 0 Å². The maximum Gasteiger partial charge on any atom is 0.310 e. The summed E-state index contributed by atoms with van der Waals surface area (Å²) in [5.74, 6) is -0.731. The molecule has 4 rings (SSSR count). The Bertz CT molecular complexity index is 1320. The summed E-state index contributed by atoms with van der Waals surface area (Å²) < 4.78 is 23.2. The van der Waals surface area contributed by atoms with E-state index in [0.717, 1.165) is 3.57 Å². The van der Waals surface area contributed by atoms with Gasteiger partial charge >= 0.3 is 5.97 Å². The summed E-state index contributed by atoms with van der Waals surface area (Å²) in [7, 11) is 0. The Labute approximate surface area is 220 Å². The zero-order valence-corrected chi connectivity index (χ0v) is 21.6. The quantitative estimate of drug-likeness (QED) is 0.137. The van der Waals surface area contributed by atoms with E-state index in [9.17, 15) is 14.4 Å². The molecule has 0 unspecified atom stereocenters. The Balaban J connectivity index is 1.28. The SMILES string of the molecule is O=C(Cc1ccc2c(c1)C(=O)c1nc3ccc(I)cc3c(=O)n1-2)OCCOCCOCCOCCO. The van der Waals surface area contributed by atoms with Crippen LogP contribution in [0.3, 0.4) is 0 Å². The van der Waals surface area contributed by atoms with Crippen LogP contribution in [-0.2, 0) is 30.2 Å². The number of aliphatic hydroxyl groups is 1. The van der Waals surface area contributed by atoms with Crippen molar-refractivity contribution in [2.45, 2.75) is 6.42 Å². The van der Waals surface area contributed by atoms with E-state index >= 15 is 0 Å². The maximum atomic E-state index is 13.1. The Hall–Kier alpha value is -2.71. The van der Waals surface area contributed by atoms with Gasteiger partial charge in [-0.15, -0.1) is 0 Å². The molecule has 0 atom stereocenters. The molecule has 3 aromatic rings. The summed E-state index contributed by atoms with van der Waals surface area (Å²) in [6, 6.07) is 10.3. The van der Waals surface area contributed by atoms with E-state index in [4.69, 9.17) is 24.1 Å². The highest BCUT2D eigenvalue weighted by atomic mass is 127. The average molecular weight is 608 g/mol. The highest BCUT2D eigenvalue weighted by Gasteiger charge is 2.30. The first kappa shape index (κ1) is 26.4. The van der Waals surface area contributed by atoms with E-state index in [1.54, 1.807) is 30.3 Å². The molecular weight excluding hydrogens is 583 g/mol. The fourth-order valence-corrected chi connectivity index (χ4v) is 4.25. The van der Waals surface area contributed by atoms with E-state index in [1.165, 1.54) is 4.57 Å². The van der Waals surface area contributed by atoms with Crippen LogP contribution in [0.4, 0.5) is 0 Å². The molecule has 11 heteroatoms. The molecule has 0 bridgehead atoms. The molecule has 1 aromatic heterocycles. The first-order valence-corrected chi connectivity index (χ1v) is 12.5. The van der Waals surface area contributed by atoms with Crippen molar-refractivity contribution in [2.24, 2.45) is 0 Å². The lowest BCUT2D eigenvalue weighted by atomic mass is 10.1. The number of fused-ring (bicyclic) bond motifs is 4. The fourth-order valence-electron chi connectivity index (χ4n) is 3.76. The second-order valence-electron chi connectivity index (χ2n) is 7.88. The molecule has 36 heavy (non-hydrogen) atoms. The number of nitrogens with zero attached hydrogens (tertiary/aromatic N) is 2. The number of aliphatic hydroxyl groups excluding tert-OH is 1. The van der Waals surface area contributed by atoms with E-state index in [1.807, 2.05) is 6.07 Å². The molecule has 0 saturated carbocycles. The molecule has 190 valence electrons. The van der Waals surface area contributed by atoms with Crippen LogP contribution in [0.1, 0.15) is 21.7 Å². The first-order valence-electron chi connectivity index (χ1n) is 11.4. The highest BCUT2D eigenvalue weighted by Crippen LogP contribution is 2.27. The van der Waals surface area contributed by atoms with Crippen LogP contribution in [0.15, 0.2) is 41.2 Å². The number of benzene rings is 2. The van der Waals surface area contributed by atoms with E-state index in [-0.39, 0.29) is 50.0 Å². The van der Waals surface area contributed by atoms with Crippen molar-refractivity contribution >= 4 is 45.2 Å². The van der Waals surface area contributed by atoms with Gasteiger partial charge in [0.15, 0.2) is 5.82 Å². The Morgan fingerprint density at radius 1 is 0.917 bits per heavy atom. The van der Waals surface area contributed by atoms with Gasteiger partial charge in [-0.3, -0.25) is 19.0 Å². The van der Waals surface area contributed by atoms with E-state index < -0.39 is 5.97 Å². The molecule has 0 fully saturated rings. The monoisotopic (exact) mass is 608 g/mol. The van der Waals surface area contributed by atoms with Crippen molar-refractivity contribution in [3.63, 3.8) is 0 Å². The summed E-state index contributed by atoms with van der Waals surface area (Å²) in [6.45, 7) is 2.15. The van der Waals surface area contributed by atoms with Crippen LogP contribution < -0.4 is 5.56 Å². The predicted molar refractivity (Wildman–Crippen MR) is 138 cm³/mol. The first-order chi connectivity index (χ1) is 17.5. The molecule has 0 amide bonds. The van der Waals surface area contributed by atoms with Gasteiger partial charge < -0.3 is 24.1 Å². The summed E-state index contributed by atoms with van der Waals surface area (Å²) in [4.78, 5) is 42.7. The summed E-state index contributed by atoms with van der Waals surface area (Å²) in [5.41, 5.74) is 1.57. The lowest BCUT2D eigenvalue weighted by Crippen LogP contribution is -2.21. The third-order valence-electron chi connectivity index (χ3n) is 5.40. The van der Waals surface area contributed by atoms with Crippen LogP contribution in [0, 0.1) is 3.57 Å². The molecule has 10 nitrogen and oxygen atoms in total. The zero-order chi connectivity index (χ0) is 25.5. The van der Waals surface area contributed by atoms with Crippen molar-refractivity contribution < 1.29 is 33.6 Å². The van der Waals surface area contributed by atoms with Gasteiger partial charge in [0.25, 0.3) is 5.56 Å². The van der Waals surface area contributed by atoms with Crippen LogP contribution in [0.2, 0.25) is 0 Å². The number of halogens is 1. The molecule has 0 aliphatic carbocycles. The van der Waals surface area contributed by atoms with Crippen LogP contribution in [0.25, 0.3) is 16.6 Å². The second-order valence-corrected chi connectivity index (χ2v) is 9.12. The summed E-state index contributed by atoms with van der Waals surface area (Å²) in [5, 5.41) is 9.03. The zero-order valence-electron chi connectivity index (χ0n) is 19.4. The van der Waals surface area contributed by atoms with Gasteiger partial charge in [0.2, 0.25) is 5.78 Å². The molecule has 1 aliphatic heterocycles. The lowest BCUT2D eigenvalue weighted by Gasteiger charge is -2.08. The number of esters is 1. The standard InChI is InChI=1S/C25H25IN2O8/c26-17-2-3-20-18(15-17)25(32)28-21-4-1-16(13-19(21)23(31)24(28)27-20)14-22(30)36-12-11-35-10-9-34-8-7-33-6-5-29/h1-4,13,15,29H,5-12,14H2. The second kappa shape index (κ2) is 12.5. The number of carbonyl (C=O) groups is 2. The lowest BCUT2D eigenvalue weighted by molar-refractivity contribution is -0.144. The predicted octanol–water partition coefficient (Wildman–Crippen LogP) is 1.66. The number of rotatable bonds is 13. The number of hydrogen-bond acceptors (Lipinski definition) is 9. The minimum Gasteiger partial charge on any atom is -0.463 e. The third-order valence-corrected chi connectivity index (χ3v) is 6.07. The molecule has 1 aliphatic rings. The molecule has 2 heterocycles. The Morgan fingerprint density at radius 3 is 2.33 bits per heavy atom. The molecule has 1 N–H and O–H groups in total. The highest BCUT2D eigenvalue weighted by molar-refractivity contribution is 14.1. The van der Waals surface area contributed by atoms with Gasteiger partial charge in [-0.05, 0) is 58.5 Å². The Morgan fingerprint density at radius 2 is 1.61 bits per heavy atom. The number of ether oxygens (including phenoxy) is 4. The van der Waals surface area contributed by atoms with Gasteiger partial charge in [-0.2, -0.15) is 0 Å². The summed E-state index contributed by atoms with van der Waals surface area (Å²) in [6.07, 6.45) is -0.0175. The van der Waals surface area contributed by atoms with Crippen molar-refractivity contribution in [3.05, 3.63) is 67.3 Å². The van der Waals surface area contributed by atoms with E-state index in [2.05, 4.69) is 27.6 Å². The fraction of sp³-hybridized carbons (Fsp3) is 0.360. The van der Waals surface area contributed by atoms with E-state index in [0.29, 0.717) is 54.1 Å². The van der Waals surface area contributed by atoms with Gasteiger partial charge in [-0.25, -0.2) is 4.98 Å². The maximum absolute atomic E-state index is 13.1. The smallest absolute Gasteiger partial charge is 0.310 e. The largest absolute Gasteiger partial charge is 0.463 e. The number of carbonyl (C=O) groups excluding carboxylic acids is 2. The van der Waals surface area contributed by atoms with Crippen molar-refractivity contribution in [1.82, 2.24) is 9.55 Å².